The number of H-pyrrole nitrogens is 1. The molecule has 2 unspecified atom stereocenters. The van der Waals surface area contributed by atoms with Gasteiger partial charge in [0.25, 0.3) is 11.5 Å². The number of carbonyl (C=O) groups is 1. The van der Waals surface area contributed by atoms with E-state index in [-0.39, 0.29) is 17.2 Å². The highest BCUT2D eigenvalue weighted by Crippen LogP contribution is 2.29. The largest absolute Gasteiger partial charge is 0.350 e. The Bertz CT molecular complexity index is 435. The van der Waals surface area contributed by atoms with Crippen molar-refractivity contribution in [3.63, 3.8) is 0 Å². The average molecular weight is 235 g/mol. The molecule has 1 fully saturated rings. The monoisotopic (exact) mass is 235 g/mol. The topological polar surface area (TPSA) is 74.8 Å². The van der Waals surface area contributed by atoms with Gasteiger partial charge in [-0.25, -0.2) is 5.10 Å². The lowest BCUT2D eigenvalue weighted by Gasteiger charge is -2.10. The normalized spacial score (nSPS) is 23.6. The van der Waals surface area contributed by atoms with Gasteiger partial charge in [0.1, 0.15) is 5.69 Å². The van der Waals surface area contributed by atoms with Crippen LogP contribution in [0.15, 0.2) is 16.9 Å². The summed E-state index contributed by atoms with van der Waals surface area (Å²) in [5.41, 5.74) is -0.0400. The molecule has 1 aliphatic carbocycles. The molecule has 1 aromatic rings. The molecular weight excluding hydrogens is 218 g/mol. The summed E-state index contributed by atoms with van der Waals surface area (Å²) in [5, 5.41) is 8.80. The Balaban J connectivity index is 1.85. The van der Waals surface area contributed by atoms with Gasteiger partial charge in [0, 0.05) is 12.6 Å². The molecule has 2 rings (SSSR count). The van der Waals surface area contributed by atoms with Gasteiger partial charge in [0.2, 0.25) is 0 Å². The number of nitrogens with one attached hydrogen (secondary N) is 2. The van der Waals surface area contributed by atoms with E-state index in [2.05, 4.69) is 22.4 Å². The maximum atomic E-state index is 11.7. The highest BCUT2D eigenvalue weighted by atomic mass is 16.2. The van der Waals surface area contributed by atoms with Crippen LogP contribution in [0.5, 0.6) is 0 Å². The van der Waals surface area contributed by atoms with Crippen molar-refractivity contribution >= 4 is 5.91 Å². The number of hydrogen-bond acceptors (Lipinski definition) is 3. The average Bonchev–Trinajstić information content (AvgIpc) is 2.73. The van der Waals surface area contributed by atoms with Crippen LogP contribution >= 0.6 is 0 Å². The zero-order chi connectivity index (χ0) is 12.3. The third kappa shape index (κ3) is 3.15. The first-order valence-electron chi connectivity index (χ1n) is 5.99. The van der Waals surface area contributed by atoms with Gasteiger partial charge >= 0.3 is 0 Å². The van der Waals surface area contributed by atoms with Crippen LogP contribution in [0.2, 0.25) is 0 Å². The second kappa shape index (κ2) is 5.12. The Morgan fingerprint density at radius 3 is 2.94 bits per heavy atom. The zero-order valence-corrected chi connectivity index (χ0v) is 9.90. The summed E-state index contributed by atoms with van der Waals surface area (Å²) >= 11 is 0. The molecule has 1 aliphatic rings. The molecule has 2 atom stereocenters. The fourth-order valence-corrected chi connectivity index (χ4v) is 2.31. The standard InChI is InChI=1S/C12H17N3O2/c1-8-2-3-9(6-8)7-13-12(17)10-4-5-11(16)15-14-10/h4-5,8-9H,2-3,6-7H2,1H3,(H,13,17)(H,15,16). The molecule has 5 heteroatoms. The number of nitrogens with zero attached hydrogens (tertiary/aromatic N) is 1. The van der Waals surface area contributed by atoms with Gasteiger partial charge in [-0.3, -0.25) is 9.59 Å². The first-order chi connectivity index (χ1) is 8.15. The summed E-state index contributed by atoms with van der Waals surface area (Å²) in [5.74, 6) is 1.13. The van der Waals surface area contributed by atoms with Crippen LogP contribution in [-0.2, 0) is 0 Å². The minimum absolute atomic E-state index is 0.221. The second-order valence-corrected chi connectivity index (χ2v) is 4.80. The third-order valence-corrected chi connectivity index (χ3v) is 3.27. The number of carbonyl (C=O) groups excluding carboxylic acids is 1. The van der Waals surface area contributed by atoms with E-state index >= 15 is 0 Å². The molecule has 1 amide bonds. The second-order valence-electron chi connectivity index (χ2n) is 4.80. The van der Waals surface area contributed by atoms with Gasteiger partial charge in [0.15, 0.2) is 0 Å². The Hall–Kier alpha value is -1.65. The molecule has 0 saturated heterocycles. The third-order valence-electron chi connectivity index (χ3n) is 3.27. The molecule has 0 spiro atoms. The molecule has 0 aromatic carbocycles. The van der Waals surface area contributed by atoms with Gasteiger partial charge < -0.3 is 5.32 Å². The predicted molar refractivity (Wildman–Crippen MR) is 63.7 cm³/mol. The van der Waals surface area contributed by atoms with E-state index in [4.69, 9.17) is 0 Å². The summed E-state index contributed by atoms with van der Waals surface area (Å²) in [4.78, 5) is 22.5. The van der Waals surface area contributed by atoms with Gasteiger partial charge in [-0.05, 0) is 30.7 Å². The maximum Gasteiger partial charge on any atom is 0.271 e. The zero-order valence-electron chi connectivity index (χ0n) is 9.90. The van der Waals surface area contributed by atoms with E-state index < -0.39 is 0 Å². The van der Waals surface area contributed by atoms with Crippen molar-refractivity contribution in [3.05, 3.63) is 28.2 Å². The van der Waals surface area contributed by atoms with Crippen molar-refractivity contribution in [2.45, 2.75) is 26.2 Å². The number of aromatic amines is 1. The molecule has 1 saturated carbocycles. The summed E-state index contributed by atoms with van der Waals surface area (Å²) in [6.07, 6.45) is 3.61. The van der Waals surface area contributed by atoms with Crippen molar-refractivity contribution in [2.24, 2.45) is 11.8 Å². The molecule has 1 heterocycles. The molecule has 17 heavy (non-hydrogen) atoms. The van der Waals surface area contributed by atoms with E-state index in [1.54, 1.807) is 0 Å². The minimum atomic E-state index is -0.300. The van der Waals surface area contributed by atoms with E-state index in [0.717, 1.165) is 5.92 Å². The quantitative estimate of drug-likeness (QED) is 0.818. The van der Waals surface area contributed by atoms with Gasteiger partial charge in [0.05, 0.1) is 0 Å². The summed E-state index contributed by atoms with van der Waals surface area (Å²) < 4.78 is 0. The smallest absolute Gasteiger partial charge is 0.271 e. The molecule has 2 N–H and O–H groups in total. The van der Waals surface area contributed by atoms with Crippen LogP contribution in [0.25, 0.3) is 0 Å². The van der Waals surface area contributed by atoms with Crippen LogP contribution in [0.1, 0.15) is 36.7 Å². The Kier molecular flexibility index (Phi) is 3.56. The molecule has 5 nitrogen and oxygen atoms in total. The Labute approximate surface area is 99.6 Å². The number of rotatable bonds is 3. The number of aromatic nitrogens is 2. The maximum absolute atomic E-state index is 11.7. The van der Waals surface area contributed by atoms with Gasteiger partial charge in [-0.1, -0.05) is 13.3 Å². The van der Waals surface area contributed by atoms with E-state index in [1.807, 2.05) is 0 Å². The Morgan fingerprint density at radius 2 is 2.35 bits per heavy atom. The summed E-state index contributed by atoms with van der Waals surface area (Å²) in [7, 11) is 0. The lowest BCUT2D eigenvalue weighted by Crippen LogP contribution is -2.30. The SMILES string of the molecule is CC1CCC(CNC(=O)c2ccc(=O)[nH]n2)C1. The van der Waals surface area contributed by atoms with Crippen molar-refractivity contribution in [1.29, 1.82) is 0 Å². The molecule has 0 bridgehead atoms. The first kappa shape index (κ1) is 11.8. The predicted octanol–water partition coefficient (Wildman–Crippen LogP) is 0.936. The molecule has 0 radical (unpaired) electrons. The highest BCUT2D eigenvalue weighted by Gasteiger charge is 2.21. The lowest BCUT2D eigenvalue weighted by molar-refractivity contribution is 0.0941. The van der Waals surface area contributed by atoms with Crippen molar-refractivity contribution in [3.8, 4) is 0 Å². The van der Waals surface area contributed by atoms with Gasteiger partial charge in [-0.2, -0.15) is 5.10 Å². The van der Waals surface area contributed by atoms with Crippen molar-refractivity contribution in [2.75, 3.05) is 6.54 Å². The van der Waals surface area contributed by atoms with Crippen LogP contribution in [0.4, 0.5) is 0 Å². The van der Waals surface area contributed by atoms with Crippen LogP contribution in [0, 0.1) is 11.8 Å². The molecule has 0 aliphatic heterocycles. The highest BCUT2D eigenvalue weighted by molar-refractivity contribution is 5.91. The number of amides is 1. The lowest BCUT2D eigenvalue weighted by atomic mass is 10.1. The molecule has 1 aromatic heterocycles. The van der Waals surface area contributed by atoms with Gasteiger partial charge in [-0.15, -0.1) is 0 Å². The minimum Gasteiger partial charge on any atom is -0.350 e. The summed E-state index contributed by atoms with van der Waals surface area (Å²) in [6.45, 7) is 2.94. The van der Waals surface area contributed by atoms with E-state index in [0.29, 0.717) is 12.5 Å². The number of hydrogen-bond donors (Lipinski definition) is 2. The molecule has 92 valence electrons. The van der Waals surface area contributed by atoms with Crippen molar-refractivity contribution < 1.29 is 4.79 Å². The van der Waals surface area contributed by atoms with E-state index in [1.165, 1.54) is 31.4 Å². The Morgan fingerprint density at radius 1 is 1.53 bits per heavy atom. The molecular formula is C12H17N3O2. The van der Waals surface area contributed by atoms with Crippen LogP contribution in [0.3, 0.4) is 0 Å². The summed E-state index contributed by atoms with van der Waals surface area (Å²) in [6, 6.07) is 2.74. The first-order valence-corrected chi connectivity index (χ1v) is 5.99. The van der Waals surface area contributed by atoms with Crippen LogP contribution < -0.4 is 10.9 Å². The fraction of sp³-hybridized carbons (Fsp3) is 0.583. The van der Waals surface area contributed by atoms with Crippen molar-refractivity contribution in [1.82, 2.24) is 15.5 Å². The van der Waals surface area contributed by atoms with Crippen LogP contribution in [-0.4, -0.2) is 22.6 Å². The van der Waals surface area contributed by atoms with E-state index in [9.17, 15) is 9.59 Å². The fourth-order valence-electron chi connectivity index (χ4n) is 2.31.